The molecule has 0 aliphatic rings. The molecule has 0 atom stereocenters. The minimum Gasteiger partial charge on any atom is -0.321 e. The molecule has 1 aromatic carbocycles. The van der Waals surface area contributed by atoms with Crippen LogP contribution >= 0.6 is 46.1 Å². The van der Waals surface area contributed by atoms with Crippen LogP contribution in [0.5, 0.6) is 0 Å². The second-order valence-corrected chi connectivity index (χ2v) is 6.83. The van der Waals surface area contributed by atoms with Gasteiger partial charge >= 0.3 is 0 Å². The summed E-state index contributed by atoms with van der Waals surface area (Å²) in [6.45, 7) is 2.65. The molecule has 0 spiro atoms. The molecule has 0 saturated carbocycles. The van der Waals surface area contributed by atoms with Crippen LogP contribution in [-0.2, 0) is 13.0 Å². The number of hydrogen-bond acceptors (Lipinski definition) is 3. The maximum Gasteiger partial charge on any atom is 0.113 e. The van der Waals surface area contributed by atoms with E-state index < -0.39 is 0 Å². The van der Waals surface area contributed by atoms with Gasteiger partial charge < -0.3 is 4.57 Å². The van der Waals surface area contributed by atoms with E-state index in [1.807, 2.05) is 18.4 Å². The summed E-state index contributed by atoms with van der Waals surface area (Å²) in [6.07, 6.45) is 0.690. The SMILES string of the molecule is Cc1csc(Cn2c(CCCl)nc3cc(Cl)c(Cl)cc32)n1. The molecule has 0 bridgehead atoms. The van der Waals surface area contributed by atoms with Crippen LogP contribution in [0.15, 0.2) is 17.5 Å². The Bertz CT molecular complexity index is 794. The van der Waals surface area contributed by atoms with Crippen molar-refractivity contribution in [2.45, 2.75) is 19.9 Å². The highest BCUT2D eigenvalue weighted by Gasteiger charge is 2.14. The molecule has 0 unspecified atom stereocenters. The van der Waals surface area contributed by atoms with Crippen LogP contribution in [0.4, 0.5) is 0 Å². The zero-order chi connectivity index (χ0) is 15.0. The average Bonchev–Trinajstić information content (AvgIpc) is 2.97. The van der Waals surface area contributed by atoms with Crippen molar-refractivity contribution in [3.05, 3.63) is 44.1 Å². The fourth-order valence-electron chi connectivity index (χ4n) is 2.23. The van der Waals surface area contributed by atoms with Gasteiger partial charge in [0.15, 0.2) is 0 Å². The number of halogens is 3. The number of rotatable bonds is 4. The van der Waals surface area contributed by atoms with E-state index in [1.54, 1.807) is 17.4 Å². The molecule has 0 radical (unpaired) electrons. The van der Waals surface area contributed by atoms with Crippen molar-refractivity contribution in [1.29, 1.82) is 0 Å². The van der Waals surface area contributed by atoms with Crippen LogP contribution in [0.1, 0.15) is 16.5 Å². The quantitative estimate of drug-likeness (QED) is 0.617. The molecule has 21 heavy (non-hydrogen) atoms. The minimum absolute atomic E-state index is 0.510. The second-order valence-electron chi connectivity index (χ2n) is 4.69. The first kappa shape index (κ1) is 15.1. The lowest BCUT2D eigenvalue weighted by atomic mass is 10.3. The summed E-state index contributed by atoms with van der Waals surface area (Å²) in [4.78, 5) is 9.13. The number of aromatic nitrogens is 3. The first-order valence-corrected chi connectivity index (χ1v) is 8.56. The minimum atomic E-state index is 0.510. The Morgan fingerprint density at radius 3 is 2.62 bits per heavy atom. The summed E-state index contributed by atoms with van der Waals surface area (Å²) < 4.78 is 2.11. The van der Waals surface area contributed by atoms with Crippen molar-refractivity contribution in [2.75, 3.05) is 5.88 Å². The Morgan fingerprint density at radius 1 is 1.19 bits per heavy atom. The summed E-state index contributed by atoms with van der Waals surface area (Å²) in [5.74, 6) is 1.44. The molecule has 2 heterocycles. The molecule has 110 valence electrons. The van der Waals surface area contributed by atoms with Crippen LogP contribution in [0.3, 0.4) is 0 Å². The van der Waals surface area contributed by atoms with E-state index in [2.05, 4.69) is 14.5 Å². The smallest absolute Gasteiger partial charge is 0.113 e. The number of thiazole rings is 1. The van der Waals surface area contributed by atoms with Gasteiger partial charge in [0.1, 0.15) is 10.8 Å². The topological polar surface area (TPSA) is 30.7 Å². The van der Waals surface area contributed by atoms with Crippen molar-refractivity contribution in [1.82, 2.24) is 14.5 Å². The number of imidazole rings is 1. The summed E-state index contributed by atoms with van der Waals surface area (Å²) in [6, 6.07) is 3.64. The maximum absolute atomic E-state index is 6.14. The van der Waals surface area contributed by atoms with Crippen molar-refractivity contribution in [3.63, 3.8) is 0 Å². The average molecular weight is 361 g/mol. The van der Waals surface area contributed by atoms with Crippen molar-refractivity contribution in [2.24, 2.45) is 0 Å². The first-order chi connectivity index (χ1) is 10.1. The molecule has 0 aliphatic heterocycles. The molecule has 0 aliphatic carbocycles. The molecule has 2 aromatic heterocycles. The van der Waals surface area contributed by atoms with Gasteiger partial charge in [-0.05, 0) is 19.1 Å². The third-order valence-electron chi connectivity index (χ3n) is 3.15. The lowest BCUT2D eigenvalue weighted by molar-refractivity contribution is 0.748. The standard InChI is InChI=1S/C14H12Cl3N3S/c1-8-7-21-14(18-8)6-20-12-5-10(17)9(16)4-11(12)19-13(20)2-3-15/h4-5,7H,2-3,6H2,1H3. The Kier molecular flexibility index (Phi) is 4.41. The van der Waals surface area contributed by atoms with Gasteiger partial charge in [-0.15, -0.1) is 22.9 Å². The summed E-state index contributed by atoms with van der Waals surface area (Å²) >= 11 is 19.7. The number of alkyl halides is 1. The van der Waals surface area contributed by atoms with Crippen molar-refractivity contribution in [3.8, 4) is 0 Å². The van der Waals surface area contributed by atoms with Gasteiger partial charge in [-0.1, -0.05) is 23.2 Å². The van der Waals surface area contributed by atoms with Crippen molar-refractivity contribution >= 4 is 57.2 Å². The number of nitrogens with zero attached hydrogens (tertiary/aromatic N) is 3. The number of fused-ring (bicyclic) bond motifs is 1. The lowest BCUT2D eigenvalue weighted by Crippen LogP contribution is -2.05. The van der Waals surface area contributed by atoms with Gasteiger partial charge in [-0.3, -0.25) is 0 Å². The van der Waals surface area contributed by atoms with Crippen LogP contribution in [-0.4, -0.2) is 20.4 Å². The molecule has 3 nitrogen and oxygen atoms in total. The van der Waals surface area contributed by atoms with Crippen LogP contribution in [0.2, 0.25) is 10.0 Å². The zero-order valence-corrected chi connectivity index (χ0v) is 14.3. The van der Waals surface area contributed by atoms with Gasteiger partial charge in [0, 0.05) is 23.4 Å². The molecule has 0 amide bonds. The van der Waals surface area contributed by atoms with Gasteiger partial charge in [0.2, 0.25) is 0 Å². The predicted octanol–water partition coefficient (Wildman–Crippen LogP) is 4.94. The molecule has 0 fully saturated rings. The van der Waals surface area contributed by atoms with E-state index in [4.69, 9.17) is 34.8 Å². The largest absolute Gasteiger partial charge is 0.321 e. The predicted molar refractivity (Wildman–Crippen MR) is 90.1 cm³/mol. The monoisotopic (exact) mass is 359 g/mol. The Balaban J connectivity index is 2.12. The van der Waals surface area contributed by atoms with Gasteiger partial charge in [0.25, 0.3) is 0 Å². The first-order valence-electron chi connectivity index (χ1n) is 6.39. The zero-order valence-electron chi connectivity index (χ0n) is 11.2. The molecule has 3 rings (SSSR count). The molecular weight excluding hydrogens is 349 g/mol. The highest BCUT2D eigenvalue weighted by atomic mass is 35.5. The number of benzene rings is 1. The normalized spacial score (nSPS) is 11.4. The fourth-order valence-corrected chi connectivity index (χ4v) is 3.48. The molecule has 7 heteroatoms. The van der Waals surface area contributed by atoms with E-state index in [0.29, 0.717) is 28.9 Å². The third-order valence-corrected chi connectivity index (χ3v) is 5.01. The number of hydrogen-bond donors (Lipinski definition) is 0. The molecule has 0 saturated heterocycles. The summed E-state index contributed by atoms with van der Waals surface area (Å²) in [7, 11) is 0. The Morgan fingerprint density at radius 2 is 1.95 bits per heavy atom. The summed E-state index contributed by atoms with van der Waals surface area (Å²) in [5.41, 5.74) is 2.81. The van der Waals surface area contributed by atoms with Crippen LogP contribution < -0.4 is 0 Å². The maximum atomic E-state index is 6.14. The van der Waals surface area contributed by atoms with E-state index >= 15 is 0 Å². The van der Waals surface area contributed by atoms with E-state index in [-0.39, 0.29) is 0 Å². The van der Waals surface area contributed by atoms with Gasteiger partial charge in [-0.25, -0.2) is 9.97 Å². The van der Waals surface area contributed by atoms with Gasteiger partial charge in [-0.2, -0.15) is 0 Å². The second kappa shape index (κ2) is 6.13. The van der Waals surface area contributed by atoms with E-state index in [0.717, 1.165) is 27.6 Å². The highest BCUT2D eigenvalue weighted by molar-refractivity contribution is 7.09. The number of aryl methyl sites for hydroxylation is 2. The Labute approximate surface area is 141 Å². The third kappa shape index (κ3) is 3.04. The van der Waals surface area contributed by atoms with Crippen LogP contribution in [0.25, 0.3) is 11.0 Å². The van der Waals surface area contributed by atoms with E-state index in [9.17, 15) is 0 Å². The molecular formula is C14H12Cl3N3S. The van der Waals surface area contributed by atoms with E-state index in [1.165, 1.54) is 0 Å². The lowest BCUT2D eigenvalue weighted by Gasteiger charge is -2.06. The summed E-state index contributed by atoms with van der Waals surface area (Å²) in [5, 5.41) is 4.11. The van der Waals surface area contributed by atoms with Crippen LogP contribution in [0, 0.1) is 6.92 Å². The fraction of sp³-hybridized carbons (Fsp3) is 0.286. The Hall–Kier alpha value is -0.810. The van der Waals surface area contributed by atoms with Gasteiger partial charge in [0.05, 0.1) is 27.6 Å². The highest BCUT2D eigenvalue weighted by Crippen LogP contribution is 2.29. The molecule has 3 aromatic rings. The molecule has 0 N–H and O–H groups in total. The van der Waals surface area contributed by atoms with Crippen molar-refractivity contribution < 1.29 is 0 Å².